The molecule has 0 unspecified atom stereocenters. The third-order valence-electron chi connectivity index (χ3n) is 7.67. The van der Waals surface area contributed by atoms with E-state index in [2.05, 4.69) is 15.3 Å². The number of nitrogens with zero attached hydrogens (tertiary/aromatic N) is 3. The zero-order chi connectivity index (χ0) is 28.5. The zero-order valence-corrected chi connectivity index (χ0v) is 21.8. The molecule has 12 heteroatoms. The molecule has 0 bridgehead atoms. The maximum absolute atomic E-state index is 14.2. The predicted molar refractivity (Wildman–Crippen MR) is 142 cm³/mol. The van der Waals surface area contributed by atoms with Crippen molar-refractivity contribution in [2.24, 2.45) is 5.41 Å². The molecule has 1 spiro atoms. The van der Waals surface area contributed by atoms with Crippen molar-refractivity contribution < 1.29 is 32.5 Å². The van der Waals surface area contributed by atoms with Crippen molar-refractivity contribution >= 4 is 17.7 Å². The number of aromatic nitrogens is 2. The van der Waals surface area contributed by atoms with Gasteiger partial charge in [-0.15, -0.1) is 0 Å². The molecule has 212 valence electrons. The number of hydrogen-bond donors (Lipinski definition) is 3. The van der Waals surface area contributed by atoms with Crippen LogP contribution in [0.15, 0.2) is 54.6 Å². The maximum Gasteiger partial charge on any atom is 0.429 e. The van der Waals surface area contributed by atoms with Gasteiger partial charge in [0.15, 0.2) is 0 Å². The van der Waals surface area contributed by atoms with Gasteiger partial charge in [0.1, 0.15) is 17.6 Å². The fourth-order valence-corrected chi connectivity index (χ4v) is 5.43. The summed E-state index contributed by atoms with van der Waals surface area (Å²) < 4.78 is 53.1. The molecule has 1 aromatic heterocycles. The Bertz CT molecular complexity index is 1360. The quantitative estimate of drug-likeness (QED) is 0.387. The molecule has 0 amide bonds. The molecule has 2 fully saturated rings. The van der Waals surface area contributed by atoms with E-state index in [1.807, 2.05) is 11.0 Å². The molecule has 4 N–H and O–H groups in total. The topological polar surface area (TPSA) is 123 Å². The molecule has 2 saturated heterocycles. The van der Waals surface area contributed by atoms with E-state index in [1.54, 1.807) is 37.4 Å². The molecule has 0 aliphatic carbocycles. The van der Waals surface area contributed by atoms with Crippen molar-refractivity contribution in [3.05, 3.63) is 60.2 Å². The van der Waals surface area contributed by atoms with E-state index < -0.39 is 24.3 Å². The predicted octanol–water partition coefficient (Wildman–Crippen LogP) is 4.45. The van der Waals surface area contributed by atoms with E-state index in [9.17, 15) is 23.1 Å². The molecule has 0 radical (unpaired) electrons. The molecule has 5 rings (SSSR count). The molecular formula is C28H30F3N5O4. The second-order valence-electron chi connectivity index (χ2n) is 10.3. The van der Waals surface area contributed by atoms with Crippen molar-refractivity contribution in [3.63, 3.8) is 0 Å². The third kappa shape index (κ3) is 5.91. The molecular weight excluding hydrogens is 527 g/mol. The normalized spacial score (nSPS) is 19.4. The second-order valence-corrected chi connectivity index (χ2v) is 10.3. The molecule has 40 heavy (non-hydrogen) atoms. The first-order valence-corrected chi connectivity index (χ1v) is 12.9. The van der Waals surface area contributed by atoms with Crippen LogP contribution in [0.1, 0.15) is 30.9 Å². The highest BCUT2D eigenvalue weighted by molar-refractivity contribution is 5.74. The summed E-state index contributed by atoms with van der Waals surface area (Å²) in [6, 6.07) is 14.0. The van der Waals surface area contributed by atoms with Gasteiger partial charge >= 0.3 is 12.1 Å². The lowest BCUT2D eigenvalue weighted by molar-refractivity contribution is -0.198. The Morgan fingerprint density at radius 2 is 1.85 bits per heavy atom. The van der Waals surface area contributed by atoms with E-state index in [0.29, 0.717) is 50.5 Å². The van der Waals surface area contributed by atoms with Gasteiger partial charge in [0.25, 0.3) is 0 Å². The highest BCUT2D eigenvalue weighted by Gasteiger charge is 2.45. The lowest BCUT2D eigenvalue weighted by atomic mass is 9.76. The number of carbonyl (C=O) groups is 1. The Morgan fingerprint density at radius 1 is 1.12 bits per heavy atom. The minimum absolute atomic E-state index is 0.0838. The van der Waals surface area contributed by atoms with E-state index >= 15 is 0 Å². The molecule has 9 nitrogen and oxygen atoms in total. The second kappa shape index (κ2) is 10.8. The van der Waals surface area contributed by atoms with Crippen molar-refractivity contribution in [2.45, 2.75) is 37.6 Å². The number of nitrogen functional groups attached to an aromatic ring is 1. The number of alkyl halides is 3. The largest absolute Gasteiger partial charge is 0.497 e. The summed E-state index contributed by atoms with van der Waals surface area (Å²) in [6.07, 6.45) is -5.01. The Hall–Kier alpha value is -4.06. The Labute approximate surface area is 229 Å². The number of piperidine rings is 1. The van der Waals surface area contributed by atoms with Crippen molar-refractivity contribution in [3.8, 4) is 22.8 Å². The third-order valence-corrected chi connectivity index (χ3v) is 7.67. The highest BCUT2D eigenvalue weighted by Crippen LogP contribution is 2.41. The Kier molecular flexibility index (Phi) is 7.45. The average Bonchev–Trinajstić information content (AvgIpc) is 3.35. The number of nitrogens with two attached hydrogens (primary N) is 1. The smallest absolute Gasteiger partial charge is 0.429 e. The number of ether oxygens (including phenoxy) is 2. The monoisotopic (exact) mass is 557 g/mol. The number of nitrogens with one attached hydrogen (secondary N) is 1. The van der Waals surface area contributed by atoms with Crippen LogP contribution in [0, 0.1) is 5.41 Å². The van der Waals surface area contributed by atoms with Crippen molar-refractivity contribution in [1.29, 1.82) is 0 Å². The molecule has 2 aromatic carbocycles. The fourth-order valence-electron chi connectivity index (χ4n) is 5.43. The minimum atomic E-state index is -4.72. The van der Waals surface area contributed by atoms with Crippen LogP contribution >= 0.6 is 0 Å². The van der Waals surface area contributed by atoms with E-state index in [-0.39, 0.29) is 22.8 Å². The van der Waals surface area contributed by atoms with Crippen LogP contribution in [0.3, 0.4) is 0 Å². The highest BCUT2D eigenvalue weighted by atomic mass is 19.4. The summed E-state index contributed by atoms with van der Waals surface area (Å²) in [5.41, 5.74) is 7.19. The van der Waals surface area contributed by atoms with Gasteiger partial charge in [0.05, 0.1) is 7.11 Å². The minimum Gasteiger partial charge on any atom is -0.497 e. The molecule has 2 aliphatic rings. The maximum atomic E-state index is 14.2. The molecule has 3 aromatic rings. The van der Waals surface area contributed by atoms with Crippen molar-refractivity contribution in [1.82, 2.24) is 15.3 Å². The van der Waals surface area contributed by atoms with Crippen LogP contribution < -0.4 is 25.4 Å². The van der Waals surface area contributed by atoms with Gasteiger partial charge in [-0.2, -0.15) is 23.1 Å². The standard InChI is InChI=1S/C28H30F3N5O4/c1-39-20-4-2-3-19(13-20)17-5-7-18(8-6-17)24(28(29,30)31)40-23-14-22(34-26(32)35-23)36-11-9-27(10-12-36)15-21(25(37)38)33-16-27/h2-8,13-14,21,24,33H,9-12,15-16H2,1H3,(H,37,38)(H2,32,34,35)/t21-,24+/m0/s1. The Morgan fingerprint density at radius 3 is 2.48 bits per heavy atom. The summed E-state index contributed by atoms with van der Waals surface area (Å²) in [5, 5.41) is 12.4. The van der Waals surface area contributed by atoms with Gasteiger partial charge in [0, 0.05) is 31.3 Å². The van der Waals surface area contributed by atoms with Crippen LogP contribution in [-0.2, 0) is 4.79 Å². The number of rotatable bonds is 7. The summed E-state index contributed by atoms with van der Waals surface area (Å²) in [4.78, 5) is 21.4. The lowest BCUT2D eigenvalue weighted by Crippen LogP contribution is -2.41. The number of benzene rings is 2. The fraction of sp³-hybridized carbons (Fsp3) is 0.393. The van der Waals surface area contributed by atoms with Crippen LogP contribution in [-0.4, -0.2) is 60.0 Å². The average molecular weight is 558 g/mol. The van der Waals surface area contributed by atoms with Gasteiger partial charge in [0.2, 0.25) is 17.9 Å². The van der Waals surface area contributed by atoms with Gasteiger partial charge in [-0.1, -0.05) is 36.4 Å². The first kappa shape index (κ1) is 27.5. The van der Waals surface area contributed by atoms with E-state index in [0.717, 1.165) is 11.1 Å². The SMILES string of the molecule is COc1cccc(-c2ccc([C@@H](Oc3cc(N4CCC5(CC4)CN[C@H](C(=O)O)C5)nc(N)n3)C(F)(F)F)cc2)c1. The van der Waals surface area contributed by atoms with Crippen molar-refractivity contribution in [2.75, 3.05) is 37.4 Å². The number of anilines is 2. The van der Waals surface area contributed by atoms with E-state index in [4.69, 9.17) is 15.2 Å². The Balaban J connectivity index is 1.32. The summed E-state index contributed by atoms with van der Waals surface area (Å²) in [5.74, 6) is -0.333. The summed E-state index contributed by atoms with van der Waals surface area (Å²) in [6.45, 7) is 1.72. The van der Waals surface area contributed by atoms with Gasteiger partial charge in [-0.05, 0) is 47.9 Å². The zero-order valence-electron chi connectivity index (χ0n) is 21.8. The molecule has 2 aliphatic heterocycles. The number of hydrogen-bond acceptors (Lipinski definition) is 8. The van der Waals surface area contributed by atoms with E-state index in [1.165, 1.54) is 18.2 Å². The first-order valence-electron chi connectivity index (χ1n) is 12.9. The van der Waals surface area contributed by atoms with Crippen LogP contribution in [0.25, 0.3) is 11.1 Å². The van der Waals surface area contributed by atoms with Gasteiger partial charge in [-0.3, -0.25) is 4.79 Å². The molecule has 2 atom stereocenters. The van der Waals surface area contributed by atoms with Crippen LogP contribution in [0.2, 0.25) is 0 Å². The number of carboxylic acid groups (broad SMARTS) is 1. The summed E-state index contributed by atoms with van der Waals surface area (Å²) in [7, 11) is 1.55. The number of aliphatic carboxylic acids is 1. The lowest BCUT2D eigenvalue weighted by Gasteiger charge is -2.39. The number of halogens is 3. The van der Waals surface area contributed by atoms with Crippen LogP contribution in [0.4, 0.5) is 24.9 Å². The first-order chi connectivity index (χ1) is 19.0. The number of methoxy groups -OCH3 is 1. The molecule has 3 heterocycles. The van der Waals surface area contributed by atoms with Crippen LogP contribution in [0.5, 0.6) is 11.6 Å². The van der Waals surface area contributed by atoms with Gasteiger partial charge < -0.3 is 30.5 Å². The molecule has 0 saturated carbocycles. The number of carboxylic acids is 1. The summed E-state index contributed by atoms with van der Waals surface area (Å²) >= 11 is 0. The van der Waals surface area contributed by atoms with Gasteiger partial charge in [-0.25, -0.2) is 0 Å².